The number of nitrogens with one attached hydrogen (secondary N) is 2. The van der Waals surface area contributed by atoms with Crippen molar-refractivity contribution in [3.8, 4) is 5.75 Å². The third kappa shape index (κ3) is 3.16. The van der Waals surface area contributed by atoms with Crippen molar-refractivity contribution < 1.29 is 18.7 Å². The van der Waals surface area contributed by atoms with Crippen LogP contribution < -0.4 is 15.6 Å². The molecule has 6 heteroatoms. The van der Waals surface area contributed by atoms with E-state index < -0.39 is 23.2 Å². The molecule has 2 aromatic rings. The first kappa shape index (κ1) is 17.5. The van der Waals surface area contributed by atoms with Gasteiger partial charge in [0.05, 0.1) is 5.41 Å². The maximum absolute atomic E-state index is 14.4. The summed E-state index contributed by atoms with van der Waals surface area (Å²) < 4.78 is 20.0. The lowest BCUT2D eigenvalue weighted by Crippen LogP contribution is -2.53. The normalized spacial score (nSPS) is 19.8. The zero-order valence-electron chi connectivity index (χ0n) is 14.8. The van der Waals surface area contributed by atoms with Gasteiger partial charge in [-0.25, -0.2) is 4.39 Å². The molecule has 0 radical (unpaired) electrons. The van der Waals surface area contributed by atoms with Crippen LogP contribution in [0.1, 0.15) is 36.8 Å². The molecule has 1 atom stereocenters. The number of ether oxygens (including phenoxy) is 1. The topological polar surface area (TPSA) is 67.4 Å². The number of halogens is 1. The molecule has 4 rings (SSSR count). The minimum absolute atomic E-state index is 0.381. The van der Waals surface area contributed by atoms with E-state index in [1.54, 1.807) is 18.2 Å². The van der Waals surface area contributed by atoms with E-state index in [-0.39, 0.29) is 5.91 Å². The second-order valence-electron chi connectivity index (χ2n) is 7.13. The van der Waals surface area contributed by atoms with Crippen LogP contribution in [0, 0.1) is 5.82 Å². The van der Waals surface area contributed by atoms with Crippen LogP contribution in [-0.2, 0) is 21.4 Å². The highest BCUT2D eigenvalue weighted by molar-refractivity contribution is 5.91. The Balaban J connectivity index is 1.44. The van der Waals surface area contributed by atoms with E-state index in [9.17, 15) is 14.0 Å². The molecule has 2 amide bonds. The molecule has 1 unspecified atom stereocenters. The third-order valence-electron chi connectivity index (χ3n) is 5.52. The van der Waals surface area contributed by atoms with Gasteiger partial charge in [0.25, 0.3) is 5.91 Å². The minimum Gasteiger partial charge on any atom is -0.480 e. The summed E-state index contributed by atoms with van der Waals surface area (Å²) in [6, 6.07) is 13.8. The summed E-state index contributed by atoms with van der Waals surface area (Å²) in [4.78, 5) is 25.3. The predicted molar refractivity (Wildman–Crippen MR) is 97.4 cm³/mol. The zero-order valence-corrected chi connectivity index (χ0v) is 14.8. The number of benzene rings is 2. The van der Waals surface area contributed by atoms with Crippen LogP contribution in [0.15, 0.2) is 48.5 Å². The van der Waals surface area contributed by atoms with Crippen molar-refractivity contribution in [2.24, 2.45) is 0 Å². The highest BCUT2D eigenvalue weighted by Gasteiger charge is 2.44. The average Bonchev–Trinajstić information content (AvgIpc) is 3.34. The van der Waals surface area contributed by atoms with Crippen LogP contribution in [-0.4, -0.2) is 17.9 Å². The van der Waals surface area contributed by atoms with Crippen LogP contribution in [0.3, 0.4) is 0 Å². The Kier molecular flexibility index (Phi) is 4.56. The Morgan fingerprint density at radius 2 is 1.70 bits per heavy atom. The molecule has 1 fully saturated rings. The maximum Gasteiger partial charge on any atom is 0.279 e. The number of fused-ring (bicyclic) bond motifs is 1. The zero-order chi connectivity index (χ0) is 18.9. The summed E-state index contributed by atoms with van der Waals surface area (Å²) in [5.74, 6) is -0.506. The van der Waals surface area contributed by atoms with Gasteiger partial charge in [0.1, 0.15) is 11.6 Å². The maximum atomic E-state index is 14.4. The molecule has 0 bridgehead atoms. The molecule has 1 aliphatic heterocycles. The van der Waals surface area contributed by atoms with Crippen molar-refractivity contribution >= 4 is 11.8 Å². The first-order chi connectivity index (χ1) is 13.1. The van der Waals surface area contributed by atoms with E-state index in [1.807, 2.05) is 24.3 Å². The lowest BCUT2D eigenvalue weighted by molar-refractivity contribution is -0.135. The summed E-state index contributed by atoms with van der Waals surface area (Å²) in [5, 5.41) is 0. The number of carbonyl (C=O) groups is 2. The molecule has 1 saturated carbocycles. The summed E-state index contributed by atoms with van der Waals surface area (Å²) in [5.41, 5.74) is 5.38. The van der Waals surface area contributed by atoms with Gasteiger partial charge >= 0.3 is 0 Å². The molecule has 27 heavy (non-hydrogen) atoms. The van der Waals surface area contributed by atoms with Gasteiger partial charge in [0.2, 0.25) is 5.91 Å². The van der Waals surface area contributed by atoms with E-state index >= 15 is 0 Å². The second kappa shape index (κ2) is 7.02. The minimum atomic E-state index is -0.946. The molecular formula is C21H21FN2O3. The van der Waals surface area contributed by atoms with Gasteiger partial charge in [-0.1, -0.05) is 49.2 Å². The first-order valence-electron chi connectivity index (χ1n) is 9.20. The fourth-order valence-corrected chi connectivity index (χ4v) is 4.09. The van der Waals surface area contributed by atoms with Crippen molar-refractivity contribution in [1.29, 1.82) is 0 Å². The van der Waals surface area contributed by atoms with E-state index in [0.717, 1.165) is 18.4 Å². The van der Waals surface area contributed by atoms with Crippen LogP contribution in [0.25, 0.3) is 0 Å². The SMILES string of the molecule is O=C(NNC(=O)C1(c2ccccc2F)CCCC1)C1Cc2ccccc2O1. The summed E-state index contributed by atoms with van der Waals surface area (Å²) >= 11 is 0. The van der Waals surface area contributed by atoms with Gasteiger partial charge < -0.3 is 4.74 Å². The molecule has 1 heterocycles. The number of amides is 2. The molecule has 2 aliphatic rings. The van der Waals surface area contributed by atoms with Gasteiger partial charge in [-0.05, 0) is 30.5 Å². The van der Waals surface area contributed by atoms with Crippen LogP contribution >= 0.6 is 0 Å². The Labute approximate surface area is 156 Å². The smallest absolute Gasteiger partial charge is 0.279 e. The van der Waals surface area contributed by atoms with E-state index in [2.05, 4.69) is 10.9 Å². The van der Waals surface area contributed by atoms with Gasteiger partial charge in [0, 0.05) is 12.0 Å². The number of rotatable bonds is 3. The van der Waals surface area contributed by atoms with Crippen molar-refractivity contribution in [1.82, 2.24) is 10.9 Å². The molecule has 0 saturated heterocycles. The van der Waals surface area contributed by atoms with E-state index in [1.165, 1.54) is 6.07 Å². The average molecular weight is 368 g/mol. The second-order valence-corrected chi connectivity index (χ2v) is 7.13. The highest BCUT2D eigenvalue weighted by Crippen LogP contribution is 2.42. The van der Waals surface area contributed by atoms with Crippen molar-refractivity contribution in [3.05, 3.63) is 65.5 Å². The predicted octanol–water partition coefficient (Wildman–Crippen LogP) is 2.79. The van der Waals surface area contributed by atoms with Gasteiger partial charge in [-0.2, -0.15) is 0 Å². The van der Waals surface area contributed by atoms with Crippen molar-refractivity contribution in [3.63, 3.8) is 0 Å². The monoisotopic (exact) mass is 368 g/mol. The number of carbonyl (C=O) groups excluding carboxylic acids is 2. The van der Waals surface area contributed by atoms with Gasteiger partial charge in [-0.3, -0.25) is 20.4 Å². The fraction of sp³-hybridized carbons (Fsp3) is 0.333. The largest absolute Gasteiger partial charge is 0.480 e. The highest BCUT2D eigenvalue weighted by atomic mass is 19.1. The number of hydrogen-bond acceptors (Lipinski definition) is 3. The summed E-state index contributed by atoms with van der Waals surface area (Å²) in [7, 11) is 0. The van der Waals surface area contributed by atoms with Crippen molar-refractivity contribution in [2.75, 3.05) is 0 Å². The number of hydrazine groups is 1. The van der Waals surface area contributed by atoms with Crippen LogP contribution in [0.4, 0.5) is 4.39 Å². The lowest BCUT2D eigenvalue weighted by atomic mass is 9.78. The Hall–Kier alpha value is -2.89. The molecule has 1 aliphatic carbocycles. The standard InChI is InChI=1S/C21H21FN2O3/c22-16-9-3-2-8-15(16)21(11-5-6-12-21)20(26)24-23-19(25)18-13-14-7-1-4-10-17(14)27-18/h1-4,7-10,18H,5-6,11-13H2,(H,23,25)(H,24,26). The summed E-state index contributed by atoms with van der Waals surface area (Å²) in [6.45, 7) is 0. The summed E-state index contributed by atoms with van der Waals surface area (Å²) in [6.07, 6.45) is 2.57. The molecule has 5 nitrogen and oxygen atoms in total. The van der Waals surface area contributed by atoms with Crippen molar-refractivity contribution in [2.45, 2.75) is 43.6 Å². The Morgan fingerprint density at radius 1 is 1.00 bits per heavy atom. The number of hydrogen-bond donors (Lipinski definition) is 2. The molecule has 2 N–H and O–H groups in total. The van der Waals surface area contributed by atoms with E-state index in [0.29, 0.717) is 30.6 Å². The molecule has 140 valence electrons. The Morgan fingerprint density at radius 3 is 2.44 bits per heavy atom. The molecule has 2 aromatic carbocycles. The van der Waals surface area contributed by atoms with Gasteiger partial charge in [-0.15, -0.1) is 0 Å². The van der Waals surface area contributed by atoms with E-state index in [4.69, 9.17) is 4.74 Å². The first-order valence-corrected chi connectivity index (χ1v) is 9.20. The lowest BCUT2D eigenvalue weighted by Gasteiger charge is -2.28. The van der Waals surface area contributed by atoms with Crippen LogP contribution in [0.2, 0.25) is 0 Å². The van der Waals surface area contributed by atoms with Gasteiger partial charge in [0.15, 0.2) is 6.10 Å². The quantitative estimate of drug-likeness (QED) is 0.819. The van der Waals surface area contributed by atoms with Crippen LogP contribution in [0.5, 0.6) is 5.75 Å². The molecule has 0 aromatic heterocycles. The number of para-hydroxylation sites is 1. The molecule has 0 spiro atoms. The third-order valence-corrected chi connectivity index (χ3v) is 5.52. The molecular weight excluding hydrogens is 347 g/mol. The Bertz CT molecular complexity index is 852. The fourth-order valence-electron chi connectivity index (χ4n) is 4.09.